The van der Waals surface area contributed by atoms with Gasteiger partial charge in [-0.3, -0.25) is 9.59 Å². The van der Waals surface area contributed by atoms with Gasteiger partial charge >= 0.3 is 0 Å². The first kappa shape index (κ1) is 21.8. The molecule has 5 heteroatoms. The van der Waals surface area contributed by atoms with E-state index < -0.39 is 0 Å². The van der Waals surface area contributed by atoms with Gasteiger partial charge in [-0.2, -0.15) is 5.26 Å². The highest BCUT2D eigenvalue weighted by Crippen LogP contribution is 2.22. The van der Waals surface area contributed by atoms with E-state index in [2.05, 4.69) is 11.4 Å². The van der Waals surface area contributed by atoms with E-state index in [1.165, 1.54) is 0 Å². The number of nitrogens with zero attached hydrogens (tertiary/aromatic N) is 2. The van der Waals surface area contributed by atoms with Gasteiger partial charge < -0.3 is 10.2 Å². The van der Waals surface area contributed by atoms with Crippen molar-refractivity contribution < 1.29 is 9.59 Å². The molecule has 156 valence electrons. The van der Waals surface area contributed by atoms with Crippen LogP contribution in [0.2, 0.25) is 0 Å². The quantitative estimate of drug-likeness (QED) is 0.623. The predicted octanol–water partition coefficient (Wildman–Crippen LogP) is 4.47. The molecular weight excluding hydrogens is 386 g/mol. The second-order valence-corrected chi connectivity index (χ2v) is 7.63. The molecule has 0 radical (unpaired) electrons. The molecule has 2 amide bonds. The van der Waals surface area contributed by atoms with Crippen molar-refractivity contribution in [1.29, 1.82) is 5.26 Å². The molecule has 0 bridgehead atoms. The summed E-state index contributed by atoms with van der Waals surface area (Å²) in [6.07, 6.45) is 0.246. The topological polar surface area (TPSA) is 73.2 Å². The minimum absolute atomic E-state index is 0.0554. The second-order valence-electron chi connectivity index (χ2n) is 7.63. The van der Waals surface area contributed by atoms with Gasteiger partial charge in [-0.15, -0.1) is 0 Å². The van der Waals surface area contributed by atoms with Gasteiger partial charge in [-0.25, -0.2) is 0 Å². The molecule has 0 aromatic heterocycles. The van der Waals surface area contributed by atoms with Crippen LogP contribution in [-0.4, -0.2) is 17.9 Å². The van der Waals surface area contributed by atoms with Gasteiger partial charge in [-0.05, 0) is 61.4 Å². The Balaban J connectivity index is 1.92. The number of nitrogens with one attached hydrogen (secondary N) is 1. The van der Waals surface area contributed by atoms with E-state index in [-0.39, 0.29) is 24.3 Å². The molecule has 0 fully saturated rings. The summed E-state index contributed by atoms with van der Waals surface area (Å²) in [4.78, 5) is 27.3. The third-order valence-corrected chi connectivity index (χ3v) is 4.73. The summed E-state index contributed by atoms with van der Waals surface area (Å²) in [5.41, 5.74) is 3.55. The van der Waals surface area contributed by atoms with Crippen molar-refractivity contribution in [2.24, 2.45) is 0 Å². The van der Waals surface area contributed by atoms with Crippen molar-refractivity contribution in [1.82, 2.24) is 5.32 Å². The summed E-state index contributed by atoms with van der Waals surface area (Å²) in [6.45, 7) is 4.24. The lowest BCUT2D eigenvalue weighted by molar-refractivity contribution is -0.120. The van der Waals surface area contributed by atoms with E-state index in [1.807, 2.05) is 68.4 Å². The van der Waals surface area contributed by atoms with Crippen LogP contribution in [0, 0.1) is 11.3 Å². The van der Waals surface area contributed by atoms with Crippen LogP contribution in [0.1, 0.15) is 40.9 Å². The summed E-state index contributed by atoms with van der Waals surface area (Å²) in [5.74, 6) is -0.225. The van der Waals surface area contributed by atoms with Crippen LogP contribution in [0.25, 0.3) is 0 Å². The molecule has 3 rings (SSSR count). The van der Waals surface area contributed by atoms with Gasteiger partial charge in [0.05, 0.1) is 24.6 Å². The molecule has 0 aliphatic heterocycles. The average molecular weight is 412 g/mol. The molecule has 1 N–H and O–H groups in total. The Morgan fingerprint density at radius 3 is 2.26 bits per heavy atom. The third-order valence-electron chi connectivity index (χ3n) is 4.73. The highest BCUT2D eigenvalue weighted by atomic mass is 16.2. The zero-order valence-electron chi connectivity index (χ0n) is 17.7. The van der Waals surface area contributed by atoms with Gasteiger partial charge in [0.1, 0.15) is 0 Å². The van der Waals surface area contributed by atoms with Gasteiger partial charge in [-0.1, -0.05) is 42.5 Å². The standard InChI is InChI=1S/C26H25N3O2/c1-19(2)28-25(30)16-22-9-6-10-24(15-22)29(18-21-7-4-3-5-8-21)26(31)23-13-11-20(17-27)12-14-23/h3-15,19H,16,18H2,1-2H3,(H,28,30). The van der Waals surface area contributed by atoms with Crippen LogP contribution in [0.4, 0.5) is 5.69 Å². The fraction of sp³-hybridized carbons (Fsp3) is 0.192. The fourth-order valence-corrected chi connectivity index (χ4v) is 3.28. The summed E-state index contributed by atoms with van der Waals surface area (Å²) in [6, 6.07) is 26.0. The number of hydrogen-bond donors (Lipinski definition) is 1. The zero-order chi connectivity index (χ0) is 22.2. The Bertz CT molecular complexity index is 1080. The molecule has 0 aliphatic rings. The summed E-state index contributed by atoms with van der Waals surface area (Å²) in [5, 5.41) is 11.9. The average Bonchev–Trinajstić information content (AvgIpc) is 2.77. The Morgan fingerprint density at radius 2 is 1.61 bits per heavy atom. The van der Waals surface area contributed by atoms with Crippen LogP contribution in [-0.2, 0) is 17.8 Å². The second kappa shape index (κ2) is 10.2. The van der Waals surface area contributed by atoms with Crippen LogP contribution < -0.4 is 10.2 Å². The number of benzene rings is 3. The van der Waals surface area contributed by atoms with E-state index in [0.29, 0.717) is 23.4 Å². The van der Waals surface area contributed by atoms with Crippen molar-refractivity contribution in [2.75, 3.05) is 4.90 Å². The number of hydrogen-bond acceptors (Lipinski definition) is 3. The van der Waals surface area contributed by atoms with E-state index in [1.54, 1.807) is 29.2 Å². The SMILES string of the molecule is CC(C)NC(=O)Cc1cccc(N(Cc2ccccc2)C(=O)c2ccc(C#N)cc2)c1. The lowest BCUT2D eigenvalue weighted by Gasteiger charge is -2.24. The van der Waals surface area contributed by atoms with E-state index in [0.717, 1.165) is 11.1 Å². The molecule has 0 atom stereocenters. The molecule has 0 heterocycles. The molecule has 0 saturated heterocycles. The number of amides is 2. The Kier molecular flexibility index (Phi) is 7.18. The highest BCUT2D eigenvalue weighted by molar-refractivity contribution is 6.06. The van der Waals surface area contributed by atoms with Crippen molar-refractivity contribution >= 4 is 17.5 Å². The molecule has 0 spiro atoms. The lowest BCUT2D eigenvalue weighted by Crippen LogP contribution is -2.32. The largest absolute Gasteiger partial charge is 0.354 e. The van der Waals surface area contributed by atoms with Gasteiger partial charge in [0.15, 0.2) is 0 Å². The zero-order valence-corrected chi connectivity index (χ0v) is 17.7. The summed E-state index contributed by atoms with van der Waals surface area (Å²) in [7, 11) is 0. The maximum absolute atomic E-state index is 13.4. The maximum atomic E-state index is 13.4. The van der Waals surface area contributed by atoms with Crippen molar-refractivity contribution in [3.63, 3.8) is 0 Å². The van der Waals surface area contributed by atoms with E-state index >= 15 is 0 Å². The van der Waals surface area contributed by atoms with E-state index in [4.69, 9.17) is 5.26 Å². The fourth-order valence-electron chi connectivity index (χ4n) is 3.28. The monoisotopic (exact) mass is 411 g/mol. The molecule has 3 aromatic rings. The molecule has 0 aliphatic carbocycles. The highest BCUT2D eigenvalue weighted by Gasteiger charge is 2.19. The number of carbonyl (C=O) groups excluding carboxylic acids is 2. The third kappa shape index (κ3) is 6.03. The van der Waals surface area contributed by atoms with Crippen LogP contribution in [0.15, 0.2) is 78.9 Å². The Hall–Kier alpha value is -3.91. The lowest BCUT2D eigenvalue weighted by atomic mass is 10.1. The smallest absolute Gasteiger partial charge is 0.258 e. The Morgan fingerprint density at radius 1 is 0.935 bits per heavy atom. The summed E-state index contributed by atoms with van der Waals surface area (Å²) >= 11 is 0. The molecule has 31 heavy (non-hydrogen) atoms. The Labute approximate surface area is 182 Å². The van der Waals surface area contributed by atoms with Gasteiger partial charge in [0.25, 0.3) is 5.91 Å². The molecule has 0 unspecified atom stereocenters. The maximum Gasteiger partial charge on any atom is 0.258 e. The van der Waals surface area contributed by atoms with Crippen LogP contribution in [0.3, 0.4) is 0 Å². The van der Waals surface area contributed by atoms with Crippen molar-refractivity contribution in [3.05, 3.63) is 101 Å². The van der Waals surface area contributed by atoms with E-state index in [9.17, 15) is 9.59 Å². The number of nitriles is 1. The first-order valence-electron chi connectivity index (χ1n) is 10.2. The molecular formula is C26H25N3O2. The molecule has 0 saturated carbocycles. The normalized spacial score (nSPS) is 10.4. The minimum Gasteiger partial charge on any atom is -0.354 e. The van der Waals surface area contributed by atoms with Gasteiger partial charge in [0, 0.05) is 17.3 Å². The van der Waals surface area contributed by atoms with Crippen molar-refractivity contribution in [2.45, 2.75) is 32.9 Å². The molecule has 5 nitrogen and oxygen atoms in total. The number of rotatable bonds is 7. The first-order chi connectivity index (χ1) is 15.0. The van der Waals surface area contributed by atoms with Crippen LogP contribution >= 0.6 is 0 Å². The van der Waals surface area contributed by atoms with Crippen molar-refractivity contribution in [3.8, 4) is 6.07 Å². The first-order valence-corrected chi connectivity index (χ1v) is 10.2. The number of anilines is 1. The number of carbonyl (C=O) groups is 2. The van der Waals surface area contributed by atoms with Crippen LogP contribution in [0.5, 0.6) is 0 Å². The minimum atomic E-state index is -0.169. The molecule has 3 aromatic carbocycles. The van der Waals surface area contributed by atoms with Gasteiger partial charge in [0.2, 0.25) is 5.91 Å². The predicted molar refractivity (Wildman–Crippen MR) is 122 cm³/mol. The summed E-state index contributed by atoms with van der Waals surface area (Å²) < 4.78 is 0.